The van der Waals surface area contributed by atoms with Crippen molar-refractivity contribution in [1.29, 1.82) is 0 Å². The maximum atomic E-state index is 12.9. The van der Waals surface area contributed by atoms with Gasteiger partial charge in [-0.05, 0) is 17.7 Å². The molecule has 1 aromatic rings. The van der Waals surface area contributed by atoms with Crippen molar-refractivity contribution in [1.82, 2.24) is 4.90 Å². The summed E-state index contributed by atoms with van der Waals surface area (Å²) < 4.78 is 12.9. The van der Waals surface area contributed by atoms with Crippen LogP contribution in [0, 0.1) is 11.7 Å². The number of benzene rings is 1. The topological polar surface area (TPSA) is 40.5 Å². The second kappa shape index (κ2) is 4.61. The van der Waals surface area contributed by atoms with Crippen LogP contribution in [0.4, 0.5) is 4.39 Å². The molecule has 3 nitrogen and oxygen atoms in total. The summed E-state index contributed by atoms with van der Waals surface area (Å²) in [7, 11) is 0. The molecule has 1 amide bonds. The number of aliphatic hydroxyl groups is 1. The van der Waals surface area contributed by atoms with E-state index in [1.165, 1.54) is 12.1 Å². The number of likely N-dealkylation sites (tertiary alicyclic amines) is 1. The molecule has 0 aliphatic carbocycles. The van der Waals surface area contributed by atoms with Gasteiger partial charge < -0.3 is 10.0 Å². The van der Waals surface area contributed by atoms with Crippen molar-refractivity contribution in [3.05, 3.63) is 35.6 Å². The SMILES string of the molecule is O=C1CC(CO)CN1Cc1cccc(F)c1. The number of carbonyl (C=O) groups is 1. The first-order valence-corrected chi connectivity index (χ1v) is 5.32. The van der Waals surface area contributed by atoms with E-state index in [1.807, 2.05) is 0 Å². The van der Waals surface area contributed by atoms with E-state index in [0.29, 0.717) is 19.5 Å². The number of rotatable bonds is 3. The Hall–Kier alpha value is -1.42. The molecule has 1 atom stereocenters. The molecule has 1 saturated heterocycles. The number of hydrogen-bond donors (Lipinski definition) is 1. The van der Waals surface area contributed by atoms with E-state index in [2.05, 4.69) is 0 Å². The number of nitrogens with zero attached hydrogens (tertiary/aromatic N) is 1. The largest absolute Gasteiger partial charge is 0.396 e. The molecular formula is C12H14FNO2. The molecule has 1 aromatic carbocycles. The Morgan fingerprint density at radius 3 is 2.94 bits per heavy atom. The molecule has 0 aromatic heterocycles. The average molecular weight is 223 g/mol. The van der Waals surface area contributed by atoms with Gasteiger partial charge in [-0.3, -0.25) is 4.79 Å². The summed E-state index contributed by atoms with van der Waals surface area (Å²) in [6.07, 6.45) is 0.395. The highest BCUT2D eigenvalue weighted by Gasteiger charge is 2.28. The van der Waals surface area contributed by atoms with E-state index in [-0.39, 0.29) is 24.2 Å². The molecule has 16 heavy (non-hydrogen) atoms. The lowest BCUT2D eigenvalue weighted by molar-refractivity contribution is -0.128. The van der Waals surface area contributed by atoms with Crippen LogP contribution in [0.5, 0.6) is 0 Å². The number of hydrogen-bond acceptors (Lipinski definition) is 2. The van der Waals surface area contributed by atoms with Crippen LogP contribution in [0.3, 0.4) is 0 Å². The second-order valence-corrected chi connectivity index (χ2v) is 4.16. The van der Waals surface area contributed by atoms with Gasteiger partial charge in [0.05, 0.1) is 0 Å². The minimum absolute atomic E-state index is 0.0288. The zero-order valence-corrected chi connectivity index (χ0v) is 8.90. The monoisotopic (exact) mass is 223 g/mol. The van der Waals surface area contributed by atoms with Gasteiger partial charge in [-0.1, -0.05) is 12.1 Å². The van der Waals surface area contributed by atoms with E-state index in [0.717, 1.165) is 5.56 Å². The van der Waals surface area contributed by atoms with Gasteiger partial charge in [0.1, 0.15) is 5.82 Å². The lowest BCUT2D eigenvalue weighted by Crippen LogP contribution is -2.24. The first-order chi connectivity index (χ1) is 7.69. The predicted molar refractivity (Wildman–Crippen MR) is 57.0 cm³/mol. The van der Waals surface area contributed by atoms with Gasteiger partial charge >= 0.3 is 0 Å². The molecule has 1 fully saturated rings. The molecule has 1 unspecified atom stereocenters. The average Bonchev–Trinajstić information content (AvgIpc) is 2.60. The fraction of sp³-hybridized carbons (Fsp3) is 0.417. The third-order valence-electron chi connectivity index (χ3n) is 2.82. The van der Waals surface area contributed by atoms with E-state index in [9.17, 15) is 9.18 Å². The molecule has 0 saturated carbocycles. The van der Waals surface area contributed by atoms with Crippen molar-refractivity contribution < 1.29 is 14.3 Å². The normalized spacial score (nSPS) is 20.5. The van der Waals surface area contributed by atoms with Gasteiger partial charge in [-0.15, -0.1) is 0 Å². The summed E-state index contributed by atoms with van der Waals surface area (Å²) >= 11 is 0. The smallest absolute Gasteiger partial charge is 0.223 e. The molecular weight excluding hydrogens is 209 g/mol. The van der Waals surface area contributed by atoms with Gasteiger partial charge in [0.15, 0.2) is 0 Å². The maximum Gasteiger partial charge on any atom is 0.223 e. The zero-order valence-electron chi connectivity index (χ0n) is 8.90. The Balaban J connectivity index is 2.03. The number of aliphatic hydroxyl groups excluding tert-OH is 1. The Morgan fingerprint density at radius 2 is 2.31 bits per heavy atom. The van der Waals surface area contributed by atoms with Crippen molar-refractivity contribution in [2.45, 2.75) is 13.0 Å². The number of halogens is 1. The van der Waals surface area contributed by atoms with Gasteiger partial charge in [0.2, 0.25) is 5.91 Å². The first-order valence-electron chi connectivity index (χ1n) is 5.32. The van der Waals surface area contributed by atoms with Crippen molar-refractivity contribution >= 4 is 5.91 Å². The van der Waals surface area contributed by atoms with Crippen molar-refractivity contribution in [3.63, 3.8) is 0 Å². The molecule has 1 N–H and O–H groups in total. The van der Waals surface area contributed by atoms with E-state index in [1.54, 1.807) is 17.0 Å². The van der Waals surface area contributed by atoms with Crippen LogP contribution in [0.15, 0.2) is 24.3 Å². The van der Waals surface area contributed by atoms with E-state index >= 15 is 0 Å². The predicted octanol–water partition coefficient (Wildman–Crippen LogP) is 1.17. The van der Waals surface area contributed by atoms with Crippen LogP contribution < -0.4 is 0 Å². The van der Waals surface area contributed by atoms with Crippen molar-refractivity contribution in [2.75, 3.05) is 13.2 Å². The Morgan fingerprint density at radius 1 is 1.50 bits per heavy atom. The summed E-state index contributed by atoms with van der Waals surface area (Å²) in [5.41, 5.74) is 0.784. The highest BCUT2D eigenvalue weighted by molar-refractivity contribution is 5.78. The van der Waals surface area contributed by atoms with Crippen LogP contribution in [0.2, 0.25) is 0 Å². The highest BCUT2D eigenvalue weighted by atomic mass is 19.1. The second-order valence-electron chi connectivity index (χ2n) is 4.16. The van der Waals surface area contributed by atoms with Crippen LogP contribution in [0.1, 0.15) is 12.0 Å². The Bertz CT molecular complexity index is 394. The summed E-state index contributed by atoms with van der Waals surface area (Å²) in [4.78, 5) is 13.2. The molecule has 1 aliphatic rings. The fourth-order valence-corrected chi connectivity index (χ4v) is 1.98. The minimum atomic E-state index is -0.289. The lowest BCUT2D eigenvalue weighted by atomic mass is 10.1. The van der Waals surface area contributed by atoms with Gasteiger partial charge in [0, 0.05) is 32.0 Å². The van der Waals surface area contributed by atoms with Crippen molar-refractivity contribution in [3.8, 4) is 0 Å². The standard InChI is InChI=1S/C12H14FNO2/c13-11-3-1-2-9(4-11)6-14-7-10(8-15)5-12(14)16/h1-4,10,15H,5-8H2. The molecule has 1 aliphatic heterocycles. The summed E-state index contributed by atoms with van der Waals surface area (Å²) in [5, 5.41) is 8.97. The Labute approximate surface area is 93.5 Å². The first kappa shape index (κ1) is 11.1. The zero-order chi connectivity index (χ0) is 11.5. The molecule has 1 heterocycles. The van der Waals surface area contributed by atoms with Crippen LogP contribution >= 0.6 is 0 Å². The van der Waals surface area contributed by atoms with Crippen LogP contribution in [-0.4, -0.2) is 29.1 Å². The van der Waals surface area contributed by atoms with Gasteiger partial charge in [-0.25, -0.2) is 4.39 Å². The maximum absolute atomic E-state index is 12.9. The molecule has 2 rings (SSSR count). The minimum Gasteiger partial charge on any atom is -0.396 e. The van der Waals surface area contributed by atoms with E-state index < -0.39 is 0 Å². The number of amides is 1. The third-order valence-corrected chi connectivity index (χ3v) is 2.82. The van der Waals surface area contributed by atoms with Gasteiger partial charge in [0.25, 0.3) is 0 Å². The van der Waals surface area contributed by atoms with E-state index in [4.69, 9.17) is 5.11 Å². The molecule has 86 valence electrons. The Kier molecular flexibility index (Phi) is 3.19. The third kappa shape index (κ3) is 2.39. The summed E-state index contributed by atoms with van der Waals surface area (Å²) in [6.45, 7) is 1.02. The van der Waals surface area contributed by atoms with Gasteiger partial charge in [-0.2, -0.15) is 0 Å². The fourth-order valence-electron chi connectivity index (χ4n) is 1.98. The van der Waals surface area contributed by atoms with Crippen molar-refractivity contribution in [2.24, 2.45) is 5.92 Å². The summed E-state index contributed by atoms with van der Waals surface area (Å²) in [6, 6.07) is 6.24. The molecule has 0 radical (unpaired) electrons. The number of carbonyl (C=O) groups excluding carboxylic acids is 1. The van der Waals surface area contributed by atoms with Crippen LogP contribution in [-0.2, 0) is 11.3 Å². The molecule has 0 bridgehead atoms. The molecule has 0 spiro atoms. The quantitative estimate of drug-likeness (QED) is 0.835. The highest BCUT2D eigenvalue weighted by Crippen LogP contribution is 2.19. The lowest BCUT2D eigenvalue weighted by Gasteiger charge is -2.16. The summed E-state index contributed by atoms with van der Waals surface area (Å²) in [5.74, 6) is -0.229. The van der Waals surface area contributed by atoms with Crippen LogP contribution in [0.25, 0.3) is 0 Å². The molecule has 4 heteroatoms.